The van der Waals surface area contributed by atoms with E-state index in [1.54, 1.807) is 6.92 Å². The average molecular weight is 365 g/mol. The number of halogens is 3. The second-order valence-electron chi connectivity index (χ2n) is 7.12. The second kappa shape index (κ2) is 6.55. The third-order valence-corrected chi connectivity index (χ3v) is 5.22. The first-order chi connectivity index (χ1) is 12.4. The molecule has 0 atom stereocenters. The molecule has 1 aliphatic carbocycles. The van der Waals surface area contributed by atoms with Crippen molar-refractivity contribution in [3.05, 3.63) is 34.4 Å². The Bertz CT molecular complexity index is 806. The van der Waals surface area contributed by atoms with Crippen LogP contribution in [0.25, 0.3) is 0 Å². The van der Waals surface area contributed by atoms with Crippen LogP contribution in [0.4, 0.5) is 19.1 Å². The minimum atomic E-state index is -4.43. The van der Waals surface area contributed by atoms with Gasteiger partial charge in [-0.1, -0.05) is 0 Å². The van der Waals surface area contributed by atoms with Crippen LogP contribution in [0.1, 0.15) is 54.0 Å². The molecule has 140 valence electrons. The standard InChI is InChI=1S/C18H22F3N5/c1-12-10-16(18(19,20)21)24-26(12)11-15-13-6-2-3-7-14(13)22-17(23-15)25-8-4-5-9-25/h10H,2-9,11H2,1H3. The Hall–Kier alpha value is -2.12. The quantitative estimate of drug-likeness (QED) is 0.835. The van der Waals surface area contributed by atoms with E-state index in [9.17, 15) is 13.2 Å². The summed E-state index contributed by atoms with van der Waals surface area (Å²) in [6.45, 7) is 3.79. The predicted molar refractivity (Wildman–Crippen MR) is 91.2 cm³/mol. The molecule has 26 heavy (non-hydrogen) atoms. The number of alkyl halides is 3. The largest absolute Gasteiger partial charge is 0.435 e. The van der Waals surface area contributed by atoms with Gasteiger partial charge in [-0.2, -0.15) is 18.3 Å². The molecule has 2 aliphatic rings. The fourth-order valence-corrected chi connectivity index (χ4v) is 3.80. The maximum Gasteiger partial charge on any atom is 0.435 e. The molecule has 0 unspecified atom stereocenters. The van der Waals surface area contributed by atoms with Gasteiger partial charge < -0.3 is 4.90 Å². The Labute approximate surface area is 150 Å². The third-order valence-electron chi connectivity index (χ3n) is 5.22. The smallest absolute Gasteiger partial charge is 0.341 e. The van der Waals surface area contributed by atoms with Crippen LogP contribution in [0.2, 0.25) is 0 Å². The summed E-state index contributed by atoms with van der Waals surface area (Å²) in [6, 6.07) is 1.09. The highest BCUT2D eigenvalue weighted by Crippen LogP contribution is 2.30. The first-order valence-electron chi connectivity index (χ1n) is 9.17. The van der Waals surface area contributed by atoms with E-state index in [-0.39, 0.29) is 6.54 Å². The molecule has 1 saturated heterocycles. The van der Waals surface area contributed by atoms with Gasteiger partial charge in [-0.3, -0.25) is 4.68 Å². The molecule has 2 aromatic heterocycles. The topological polar surface area (TPSA) is 46.8 Å². The summed E-state index contributed by atoms with van der Waals surface area (Å²) in [5.41, 5.74) is 2.61. The molecule has 0 amide bonds. The summed E-state index contributed by atoms with van der Waals surface area (Å²) < 4.78 is 40.3. The highest BCUT2D eigenvalue weighted by molar-refractivity contribution is 5.39. The van der Waals surface area contributed by atoms with Crippen LogP contribution in [0, 0.1) is 6.92 Å². The summed E-state index contributed by atoms with van der Waals surface area (Å²) >= 11 is 0. The van der Waals surface area contributed by atoms with Gasteiger partial charge in [0, 0.05) is 24.5 Å². The van der Waals surface area contributed by atoms with Crippen LogP contribution < -0.4 is 4.90 Å². The lowest BCUT2D eigenvalue weighted by Crippen LogP contribution is -2.24. The molecular weight excluding hydrogens is 343 g/mol. The van der Waals surface area contributed by atoms with Crippen LogP contribution in [0.15, 0.2) is 6.07 Å². The van der Waals surface area contributed by atoms with E-state index < -0.39 is 11.9 Å². The van der Waals surface area contributed by atoms with Gasteiger partial charge in [0.15, 0.2) is 5.69 Å². The van der Waals surface area contributed by atoms with Gasteiger partial charge in [0.2, 0.25) is 5.95 Å². The molecule has 5 nitrogen and oxygen atoms in total. The minimum absolute atomic E-state index is 0.258. The van der Waals surface area contributed by atoms with Gasteiger partial charge in [0.25, 0.3) is 0 Å². The van der Waals surface area contributed by atoms with Gasteiger partial charge in [-0.25, -0.2) is 9.97 Å². The van der Waals surface area contributed by atoms with Crippen LogP contribution in [-0.2, 0) is 25.6 Å². The van der Waals surface area contributed by atoms with Gasteiger partial charge in [-0.15, -0.1) is 0 Å². The number of hydrogen-bond acceptors (Lipinski definition) is 4. The van der Waals surface area contributed by atoms with Crippen LogP contribution in [-0.4, -0.2) is 32.8 Å². The SMILES string of the molecule is Cc1cc(C(F)(F)F)nn1Cc1nc(N2CCCC2)nc2c1CCCC2. The van der Waals surface area contributed by atoms with Crippen molar-refractivity contribution in [2.75, 3.05) is 18.0 Å². The monoisotopic (exact) mass is 365 g/mol. The molecule has 1 aliphatic heterocycles. The lowest BCUT2D eigenvalue weighted by Gasteiger charge is -2.23. The van der Waals surface area contributed by atoms with E-state index in [2.05, 4.69) is 10.00 Å². The van der Waals surface area contributed by atoms with Crippen molar-refractivity contribution < 1.29 is 13.2 Å². The average Bonchev–Trinajstić information content (AvgIpc) is 3.25. The van der Waals surface area contributed by atoms with E-state index in [4.69, 9.17) is 9.97 Å². The molecule has 8 heteroatoms. The molecular formula is C18H22F3N5. The van der Waals surface area contributed by atoms with Crippen LogP contribution >= 0.6 is 0 Å². The fraction of sp³-hybridized carbons (Fsp3) is 0.611. The molecule has 2 aromatic rings. The Morgan fingerprint density at radius 3 is 2.46 bits per heavy atom. The zero-order chi connectivity index (χ0) is 18.3. The molecule has 0 radical (unpaired) electrons. The molecule has 3 heterocycles. The third kappa shape index (κ3) is 3.29. The number of nitrogens with zero attached hydrogens (tertiary/aromatic N) is 5. The van der Waals surface area contributed by atoms with Crippen molar-refractivity contribution in [3.8, 4) is 0 Å². The summed E-state index contributed by atoms with van der Waals surface area (Å²) in [4.78, 5) is 11.7. The number of fused-ring (bicyclic) bond motifs is 1. The summed E-state index contributed by atoms with van der Waals surface area (Å²) in [7, 11) is 0. The van der Waals surface area contributed by atoms with Gasteiger partial charge in [-0.05, 0) is 57.1 Å². The predicted octanol–water partition coefficient (Wildman–Crippen LogP) is 3.53. The van der Waals surface area contributed by atoms with Crippen molar-refractivity contribution in [3.63, 3.8) is 0 Å². The van der Waals surface area contributed by atoms with Crippen molar-refractivity contribution in [1.82, 2.24) is 19.7 Å². The Morgan fingerprint density at radius 1 is 1.04 bits per heavy atom. The van der Waals surface area contributed by atoms with Crippen molar-refractivity contribution >= 4 is 5.95 Å². The summed E-state index contributed by atoms with van der Waals surface area (Å²) in [5, 5.41) is 3.77. The normalized spacial score (nSPS) is 17.6. The Kier molecular flexibility index (Phi) is 4.36. The number of aryl methyl sites for hydroxylation is 2. The zero-order valence-electron chi connectivity index (χ0n) is 14.8. The van der Waals surface area contributed by atoms with Crippen molar-refractivity contribution in [2.45, 2.75) is 58.2 Å². The lowest BCUT2D eigenvalue weighted by molar-refractivity contribution is -0.141. The number of rotatable bonds is 3. The van der Waals surface area contributed by atoms with Crippen molar-refractivity contribution in [1.29, 1.82) is 0 Å². The fourth-order valence-electron chi connectivity index (χ4n) is 3.80. The molecule has 0 bridgehead atoms. The maximum atomic E-state index is 13.0. The highest BCUT2D eigenvalue weighted by Gasteiger charge is 2.34. The van der Waals surface area contributed by atoms with Crippen LogP contribution in [0.5, 0.6) is 0 Å². The molecule has 0 aromatic carbocycles. The van der Waals surface area contributed by atoms with Gasteiger partial charge in [0.05, 0.1) is 12.2 Å². The molecule has 1 fully saturated rings. The van der Waals surface area contributed by atoms with E-state index in [0.717, 1.165) is 80.6 Å². The minimum Gasteiger partial charge on any atom is -0.341 e. The summed E-state index contributed by atoms with van der Waals surface area (Å²) in [5.74, 6) is 0.721. The zero-order valence-corrected chi connectivity index (χ0v) is 14.8. The molecule has 0 N–H and O–H groups in total. The van der Waals surface area contributed by atoms with E-state index in [1.807, 2.05) is 0 Å². The molecule has 0 saturated carbocycles. The first kappa shape index (κ1) is 17.3. The Balaban J connectivity index is 1.71. The number of anilines is 1. The van der Waals surface area contributed by atoms with E-state index >= 15 is 0 Å². The van der Waals surface area contributed by atoms with Gasteiger partial charge >= 0.3 is 6.18 Å². The highest BCUT2D eigenvalue weighted by atomic mass is 19.4. The first-order valence-corrected chi connectivity index (χ1v) is 9.17. The second-order valence-corrected chi connectivity index (χ2v) is 7.12. The number of hydrogen-bond donors (Lipinski definition) is 0. The van der Waals surface area contributed by atoms with Crippen molar-refractivity contribution in [2.24, 2.45) is 0 Å². The maximum absolute atomic E-state index is 13.0. The molecule has 4 rings (SSSR count). The van der Waals surface area contributed by atoms with E-state index in [0.29, 0.717) is 5.69 Å². The van der Waals surface area contributed by atoms with Gasteiger partial charge in [0.1, 0.15) is 0 Å². The lowest BCUT2D eigenvalue weighted by atomic mass is 9.94. The Morgan fingerprint density at radius 2 is 1.77 bits per heavy atom. The van der Waals surface area contributed by atoms with Crippen LogP contribution in [0.3, 0.4) is 0 Å². The summed E-state index contributed by atoms with van der Waals surface area (Å²) in [6.07, 6.45) is 1.79. The van der Waals surface area contributed by atoms with E-state index in [1.165, 1.54) is 4.68 Å². The molecule has 0 spiro atoms. The number of aromatic nitrogens is 4.